The molecule has 5 heteroatoms. The lowest BCUT2D eigenvalue weighted by molar-refractivity contribution is 0.102. The molecule has 0 aromatic carbocycles. The van der Waals surface area contributed by atoms with Crippen LogP contribution >= 0.6 is 11.3 Å². The average molecular weight is 226 g/mol. The van der Waals surface area contributed by atoms with Crippen LogP contribution in [0.2, 0.25) is 0 Å². The fourth-order valence-corrected chi connectivity index (χ4v) is 2.37. The van der Waals surface area contributed by atoms with E-state index >= 15 is 0 Å². The maximum atomic E-state index is 5.82. The molecule has 0 atom stereocenters. The molecule has 0 radical (unpaired) electrons. The third-order valence-electron chi connectivity index (χ3n) is 2.75. The molecule has 0 aliphatic carbocycles. The van der Waals surface area contributed by atoms with E-state index in [9.17, 15) is 0 Å². The van der Waals surface area contributed by atoms with Crippen molar-refractivity contribution in [2.24, 2.45) is 0 Å². The minimum absolute atomic E-state index is 0.854. The summed E-state index contributed by atoms with van der Waals surface area (Å²) in [6.45, 7) is 5.29. The van der Waals surface area contributed by atoms with Crippen molar-refractivity contribution < 1.29 is 0 Å². The van der Waals surface area contributed by atoms with Crippen molar-refractivity contribution in [2.75, 3.05) is 39.0 Å². The fraction of sp³-hybridized carbons (Fsp3) is 0.600. The van der Waals surface area contributed by atoms with Crippen molar-refractivity contribution in [3.63, 3.8) is 0 Å². The van der Waals surface area contributed by atoms with E-state index < -0.39 is 0 Å². The van der Waals surface area contributed by atoms with Gasteiger partial charge in [-0.1, -0.05) is 0 Å². The molecule has 0 unspecified atom stereocenters. The van der Waals surface area contributed by atoms with Crippen LogP contribution in [0.5, 0.6) is 0 Å². The Hall–Kier alpha value is -0.620. The third kappa shape index (κ3) is 2.92. The molecular weight excluding hydrogens is 208 g/mol. The minimum atomic E-state index is 0.854. The quantitative estimate of drug-likeness (QED) is 0.791. The largest absolute Gasteiger partial charge is 0.398 e. The molecule has 2 heterocycles. The summed E-state index contributed by atoms with van der Waals surface area (Å²) in [6.07, 6.45) is 0. The molecule has 0 bridgehead atoms. The van der Waals surface area contributed by atoms with Gasteiger partial charge in [-0.25, -0.2) is 10.4 Å². The van der Waals surface area contributed by atoms with E-state index in [1.807, 2.05) is 11.4 Å². The van der Waals surface area contributed by atoms with Crippen LogP contribution in [-0.4, -0.2) is 43.1 Å². The van der Waals surface area contributed by atoms with Crippen molar-refractivity contribution in [3.8, 4) is 0 Å². The molecule has 2 rings (SSSR count). The predicted molar refractivity (Wildman–Crippen MR) is 64.6 cm³/mol. The minimum Gasteiger partial charge on any atom is -0.398 e. The van der Waals surface area contributed by atoms with Crippen LogP contribution in [0.4, 0.5) is 5.69 Å². The van der Waals surface area contributed by atoms with Crippen molar-refractivity contribution in [1.29, 1.82) is 0 Å². The second-order valence-corrected chi connectivity index (χ2v) is 4.93. The van der Waals surface area contributed by atoms with Crippen molar-refractivity contribution in [3.05, 3.63) is 16.3 Å². The Labute approximate surface area is 94.6 Å². The number of thiophene rings is 1. The maximum Gasteiger partial charge on any atom is 0.0469 e. The second-order valence-electron chi connectivity index (χ2n) is 3.92. The Balaban J connectivity index is 1.77. The van der Waals surface area contributed by atoms with Gasteiger partial charge in [0.25, 0.3) is 0 Å². The molecule has 3 N–H and O–H groups in total. The van der Waals surface area contributed by atoms with Crippen LogP contribution in [0.3, 0.4) is 0 Å². The van der Waals surface area contributed by atoms with Gasteiger partial charge in [0, 0.05) is 43.3 Å². The first-order valence-corrected chi connectivity index (χ1v) is 6.12. The van der Waals surface area contributed by atoms with Gasteiger partial charge in [-0.05, 0) is 18.5 Å². The van der Waals surface area contributed by atoms with Crippen LogP contribution in [0.15, 0.2) is 11.4 Å². The van der Waals surface area contributed by atoms with Gasteiger partial charge in [0.15, 0.2) is 0 Å². The number of hydrogen-bond acceptors (Lipinski definition) is 5. The Morgan fingerprint density at radius 1 is 1.40 bits per heavy atom. The number of nitrogens with zero attached hydrogens (tertiary/aromatic N) is 2. The lowest BCUT2D eigenvalue weighted by Crippen LogP contribution is -2.50. The van der Waals surface area contributed by atoms with E-state index in [0.29, 0.717) is 0 Å². The maximum absolute atomic E-state index is 5.82. The van der Waals surface area contributed by atoms with Crippen LogP contribution in [0.25, 0.3) is 0 Å². The summed E-state index contributed by atoms with van der Waals surface area (Å²) in [7, 11) is 2.16. The highest BCUT2D eigenvalue weighted by Gasteiger charge is 2.13. The highest BCUT2D eigenvalue weighted by Crippen LogP contribution is 2.18. The number of anilines is 1. The monoisotopic (exact) mass is 226 g/mol. The summed E-state index contributed by atoms with van der Waals surface area (Å²) in [5.41, 5.74) is 10.1. The molecule has 0 amide bonds. The number of hydrazine groups is 1. The first-order chi connectivity index (χ1) is 7.25. The molecule has 15 heavy (non-hydrogen) atoms. The number of likely N-dealkylation sites (N-methyl/N-ethyl adjacent to an activating group) is 1. The first kappa shape index (κ1) is 10.9. The first-order valence-electron chi connectivity index (χ1n) is 5.24. The van der Waals surface area contributed by atoms with Gasteiger partial charge in [-0.3, -0.25) is 0 Å². The summed E-state index contributed by atoms with van der Waals surface area (Å²) in [6, 6.07) is 1.96. The molecule has 0 saturated carbocycles. The molecular formula is C10H18N4S. The van der Waals surface area contributed by atoms with E-state index in [-0.39, 0.29) is 0 Å². The summed E-state index contributed by atoms with van der Waals surface area (Å²) in [4.78, 5) is 3.58. The molecule has 1 saturated heterocycles. The van der Waals surface area contributed by atoms with E-state index in [0.717, 1.165) is 38.4 Å². The molecule has 1 aliphatic heterocycles. The normalized spacial score (nSPS) is 19.5. The van der Waals surface area contributed by atoms with E-state index in [1.165, 1.54) is 4.88 Å². The van der Waals surface area contributed by atoms with Crippen LogP contribution in [0.1, 0.15) is 4.88 Å². The number of hydrogen-bond donors (Lipinski definition) is 2. The van der Waals surface area contributed by atoms with Gasteiger partial charge in [0.1, 0.15) is 0 Å². The molecule has 1 aliphatic rings. The van der Waals surface area contributed by atoms with Gasteiger partial charge in [-0.2, -0.15) is 0 Å². The van der Waals surface area contributed by atoms with E-state index in [4.69, 9.17) is 5.73 Å². The predicted octanol–water partition coefficient (Wildman–Crippen LogP) is 0.582. The summed E-state index contributed by atoms with van der Waals surface area (Å²) in [5.74, 6) is 0. The SMILES string of the molecule is CN1CCN(NCc2sccc2N)CC1. The summed E-state index contributed by atoms with van der Waals surface area (Å²) in [5, 5.41) is 4.31. The number of piperazine rings is 1. The fourth-order valence-electron chi connectivity index (χ4n) is 1.64. The van der Waals surface area contributed by atoms with Gasteiger partial charge in [0.05, 0.1) is 0 Å². The topological polar surface area (TPSA) is 44.5 Å². The Morgan fingerprint density at radius 2 is 2.13 bits per heavy atom. The van der Waals surface area contributed by atoms with Crippen molar-refractivity contribution in [2.45, 2.75) is 6.54 Å². The second kappa shape index (κ2) is 4.94. The highest BCUT2D eigenvalue weighted by molar-refractivity contribution is 7.10. The van der Waals surface area contributed by atoms with E-state index in [1.54, 1.807) is 11.3 Å². The van der Waals surface area contributed by atoms with E-state index in [2.05, 4.69) is 22.4 Å². The zero-order valence-electron chi connectivity index (χ0n) is 9.07. The zero-order chi connectivity index (χ0) is 10.7. The smallest absolute Gasteiger partial charge is 0.0469 e. The molecule has 1 fully saturated rings. The Morgan fingerprint density at radius 3 is 2.73 bits per heavy atom. The molecule has 1 aromatic rings. The number of nitrogen functional groups attached to an aromatic ring is 1. The average Bonchev–Trinajstić information content (AvgIpc) is 2.63. The van der Waals surface area contributed by atoms with Gasteiger partial charge in [-0.15, -0.1) is 11.3 Å². The van der Waals surface area contributed by atoms with Gasteiger partial charge in [0.2, 0.25) is 0 Å². The standard InChI is InChI=1S/C10H18N4S/c1-13-3-5-14(6-4-13)12-8-10-9(11)2-7-15-10/h2,7,12H,3-6,8,11H2,1H3. The van der Waals surface area contributed by atoms with Crippen molar-refractivity contribution >= 4 is 17.0 Å². The number of nitrogens with two attached hydrogens (primary N) is 1. The van der Waals surface area contributed by atoms with Gasteiger partial charge < -0.3 is 10.6 Å². The number of rotatable bonds is 3. The van der Waals surface area contributed by atoms with Crippen LogP contribution < -0.4 is 11.2 Å². The Bertz CT molecular complexity index is 304. The molecule has 1 aromatic heterocycles. The van der Waals surface area contributed by atoms with Crippen LogP contribution in [-0.2, 0) is 6.54 Å². The van der Waals surface area contributed by atoms with Crippen molar-refractivity contribution in [1.82, 2.24) is 15.3 Å². The zero-order valence-corrected chi connectivity index (χ0v) is 9.89. The number of nitrogens with one attached hydrogen (secondary N) is 1. The molecule has 0 spiro atoms. The van der Waals surface area contributed by atoms with Crippen LogP contribution in [0, 0.1) is 0 Å². The Kier molecular flexibility index (Phi) is 3.58. The van der Waals surface area contributed by atoms with Gasteiger partial charge >= 0.3 is 0 Å². The summed E-state index contributed by atoms with van der Waals surface area (Å²) >= 11 is 1.71. The summed E-state index contributed by atoms with van der Waals surface area (Å²) < 4.78 is 0. The molecule has 84 valence electrons. The highest BCUT2D eigenvalue weighted by atomic mass is 32.1. The third-order valence-corrected chi connectivity index (χ3v) is 3.68. The lowest BCUT2D eigenvalue weighted by atomic mass is 10.4. The molecule has 4 nitrogen and oxygen atoms in total. The lowest BCUT2D eigenvalue weighted by Gasteiger charge is -2.32.